The van der Waals surface area contributed by atoms with Crippen molar-refractivity contribution < 1.29 is 22.0 Å². The van der Waals surface area contributed by atoms with E-state index >= 15 is 0 Å². The minimum atomic E-state index is -1.17. The van der Waals surface area contributed by atoms with Crippen LogP contribution in [0.3, 0.4) is 0 Å². The Kier molecular flexibility index (Phi) is 3.60. The largest absolute Gasteiger partial charge is 0.207 e. The summed E-state index contributed by atoms with van der Waals surface area (Å²) in [5, 5.41) is 0. The van der Waals surface area contributed by atoms with Gasteiger partial charge in [0, 0.05) is 12.1 Å². The maximum atomic E-state index is 13.7. The Bertz CT molecular complexity index is 616. The molecule has 2 aromatic carbocycles. The highest BCUT2D eigenvalue weighted by molar-refractivity contribution is 6.67. The SMILES string of the molecule is Cc1ccc(F)c(Bc2c(F)cc(F)cc2F)c1F. The number of aryl methyl sites for hydroxylation is 1. The Hall–Kier alpha value is -1.85. The fourth-order valence-corrected chi connectivity index (χ4v) is 1.79. The second-order valence-corrected chi connectivity index (χ2v) is 4.18. The molecule has 0 nitrogen and oxygen atoms in total. The Labute approximate surface area is 107 Å². The Balaban J connectivity index is 2.51. The lowest BCUT2D eigenvalue weighted by molar-refractivity contribution is 0.553. The van der Waals surface area contributed by atoms with E-state index in [4.69, 9.17) is 0 Å². The highest BCUT2D eigenvalue weighted by Gasteiger charge is 2.19. The molecule has 0 spiro atoms. The zero-order valence-corrected chi connectivity index (χ0v) is 9.91. The number of hydrogen-bond donors (Lipinski definition) is 0. The zero-order valence-electron chi connectivity index (χ0n) is 9.91. The lowest BCUT2D eigenvalue weighted by Gasteiger charge is -2.08. The van der Waals surface area contributed by atoms with Gasteiger partial charge < -0.3 is 0 Å². The highest BCUT2D eigenvalue weighted by atomic mass is 19.2. The lowest BCUT2D eigenvalue weighted by atomic mass is 9.62. The molecule has 0 saturated carbocycles. The maximum Gasteiger partial charge on any atom is 0.207 e. The van der Waals surface area contributed by atoms with Crippen LogP contribution < -0.4 is 10.9 Å². The monoisotopic (exact) mass is 270 g/mol. The summed E-state index contributed by atoms with van der Waals surface area (Å²) in [6.07, 6.45) is 0. The van der Waals surface area contributed by atoms with Crippen LogP contribution in [0.5, 0.6) is 0 Å². The molecular formula is C13H8BF5. The van der Waals surface area contributed by atoms with Gasteiger partial charge in [0.1, 0.15) is 29.1 Å². The van der Waals surface area contributed by atoms with E-state index in [0.29, 0.717) is 12.1 Å². The van der Waals surface area contributed by atoms with Crippen LogP contribution in [0.25, 0.3) is 0 Å². The molecule has 0 aliphatic carbocycles. The van der Waals surface area contributed by atoms with Crippen LogP contribution in [-0.2, 0) is 0 Å². The molecule has 2 rings (SSSR count). The average Bonchev–Trinajstić information content (AvgIpc) is 2.32. The molecule has 2 aromatic rings. The van der Waals surface area contributed by atoms with Crippen LogP contribution in [0.2, 0.25) is 0 Å². The summed E-state index contributed by atoms with van der Waals surface area (Å²) in [6, 6.07) is 3.20. The fraction of sp³-hybridized carbons (Fsp3) is 0.0769. The smallest absolute Gasteiger partial charge is 0.207 e. The number of hydrogen-bond acceptors (Lipinski definition) is 0. The fourth-order valence-electron chi connectivity index (χ4n) is 1.79. The molecule has 0 N–H and O–H groups in total. The van der Waals surface area contributed by atoms with Crippen molar-refractivity contribution in [3.63, 3.8) is 0 Å². The molecule has 6 heteroatoms. The first-order valence-electron chi connectivity index (χ1n) is 5.47. The summed E-state index contributed by atoms with van der Waals surface area (Å²) in [7, 11) is -0.614. The Morgan fingerprint density at radius 2 is 1.37 bits per heavy atom. The molecule has 0 aromatic heterocycles. The highest BCUT2D eigenvalue weighted by Crippen LogP contribution is 2.08. The molecule has 0 atom stereocenters. The number of rotatable bonds is 2. The van der Waals surface area contributed by atoms with Gasteiger partial charge >= 0.3 is 0 Å². The molecule has 0 unspecified atom stereocenters. The van der Waals surface area contributed by atoms with E-state index in [2.05, 4.69) is 0 Å². The van der Waals surface area contributed by atoms with Crippen molar-refractivity contribution in [1.82, 2.24) is 0 Å². The van der Waals surface area contributed by atoms with Gasteiger partial charge in [-0.15, -0.1) is 0 Å². The Morgan fingerprint density at radius 1 is 0.789 bits per heavy atom. The van der Waals surface area contributed by atoms with E-state index in [0.717, 1.165) is 6.07 Å². The summed E-state index contributed by atoms with van der Waals surface area (Å²) < 4.78 is 66.8. The third-order valence-corrected chi connectivity index (χ3v) is 2.84. The van der Waals surface area contributed by atoms with Crippen LogP contribution in [0.15, 0.2) is 24.3 Å². The van der Waals surface area contributed by atoms with Gasteiger partial charge in [-0.1, -0.05) is 6.07 Å². The summed E-state index contributed by atoms with van der Waals surface area (Å²) in [6.45, 7) is 1.41. The standard InChI is InChI=1S/C13H8BF5/c1-6-2-3-8(16)12(13(6)19)14-11-9(17)4-7(15)5-10(11)18/h2-5,14H,1H3. The number of halogens is 5. The maximum absolute atomic E-state index is 13.7. The zero-order chi connectivity index (χ0) is 14.2. The van der Waals surface area contributed by atoms with E-state index in [1.807, 2.05) is 0 Å². The first-order chi connectivity index (χ1) is 8.90. The van der Waals surface area contributed by atoms with Crippen molar-refractivity contribution in [2.75, 3.05) is 0 Å². The van der Waals surface area contributed by atoms with Gasteiger partial charge in [0.25, 0.3) is 0 Å². The van der Waals surface area contributed by atoms with Crippen LogP contribution in [0.4, 0.5) is 22.0 Å². The third kappa shape index (κ3) is 2.62. The van der Waals surface area contributed by atoms with Crippen LogP contribution >= 0.6 is 0 Å². The van der Waals surface area contributed by atoms with E-state index in [-0.39, 0.29) is 5.56 Å². The quantitative estimate of drug-likeness (QED) is 0.579. The summed E-state index contributed by atoms with van der Waals surface area (Å²) in [5.41, 5.74) is -0.839. The summed E-state index contributed by atoms with van der Waals surface area (Å²) >= 11 is 0. The van der Waals surface area contributed by atoms with Gasteiger partial charge in [0.15, 0.2) is 0 Å². The van der Waals surface area contributed by atoms with Gasteiger partial charge in [0.2, 0.25) is 7.28 Å². The summed E-state index contributed by atoms with van der Waals surface area (Å²) in [4.78, 5) is 0. The molecule has 0 aliphatic rings. The molecule has 0 saturated heterocycles. The van der Waals surface area contributed by atoms with Gasteiger partial charge in [-0.05, 0) is 29.5 Å². The first-order valence-corrected chi connectivity index (χ1v) is 5.47. The molecule has 0 bridgehead atoms. The van der Waals surface area contributed by atoms with E-state index in [9.17, 15) is 22.0 Å². The van der Waals surface area contributed by atoms with Gasteiger partial charge in [-0.25, -0.2) is 22.0 Å². The van der Waals surface area contributed by atoms with Gasteiger partial charge in [0.05, 0.1) is 0 Å². The molecule has 0 amide bonds. The van der Waals surface area contributed by atoms with E-state index < -0.39 is 47.3 Å². The normalized spacial score (nSPS) is 10.6. The molecular weight excluding hydrogens is 262 g/mol. The molecule has 0 radical (unpaired) electrons. The predicted molar refractivity (Wildman–Crippen MR) is 63.8 cm³/mol. The minimum absolute atomic E-state index is 0.166. The molecule has 0 fully saturated rings. The van der Waals surface area contributed by atoms with Gasteiger partial charge in [-0.3, -0.25) is 0 Å². The minimum Gasteiger partial charge on any atom is -0.207 e. The lowest BCUT2D eigenvalue weighted by Crippen LogP contribution is -2.36. The second-order valence-electron chi connectivity index (χ2n) is 4.18. The second kappa shape index (κ2) is 5.03. The number of benzene rings is 2. The van der Waals surface area contributed by atoms with Crippen LogP contribution in [0, 0.1) is 36.0 Å². The topological polar surface area (TPSA) is 0 Å². The van der Waals surface area contributed by atoms with Crippen molar-refractivity contribution in [3.8, 4) is 0 Å². The first kappa shape index (κ1) is 13.6. The van der Waals surface area contributed by atoms with Gasteiger partial charge in [-0.2, -0.15) is 0 Å². The molecule has 98 valence electrons. The van der Waals surface area contributed by atoms with Crippen molar-refractivity contribution >= 4 is 18.2 Å². The van der Waals surface area contributed by atoms with E-state index in [1.54, 1.807) is 0 Å². The Morgan fingerprint density at radius 3 is 1.95 bits per heavy atom. The van der Waals surface area contributed by atoms with Crippen molar-refractivity contribution in [2.24, 2.45) is 0 Å². The van der Waals surface area contributed by atoms with Crippen LogP contribution in [0.1, 0.15) is 5.56 Å². The van der Waals surface area contributed by atoms with Crippen molar-refractivity contribution in [1.29, 1.82) is 0 Å². The van der Waals surface area contributed by atoms with Crippen molar-refractivity contribution in [3.05, 3.63) is 58.9 Å². The molecule has 0 aliphatic heterocycles. The molecule has 0 heterocycles. The molecule has 19 heavy (non-hydrogen) atoms. The van der Waals surface area contributed by atoms with Crippen LogP contribution in [-0.4, -0.2) is 7.28 Å². The summed E-state index contributed by atoms with van der Waals surface area (Å²) in [5.74, 6) is -5.17. The third-order valence-electron chi connectivity index (χ3n) is 2.84. The average molecular weight is 270 g/mol. The van der Waals surface area contributed by atoms with E-state index in [1.165, 1.54) is 13.0 Å². The van der Waals surface area contributed by atoms with Crippen molar-refractivity contribution in [2.45, 2.75) is 6.92 Å². The predicted octanol–water partition coefficient (Wildman–Crippen LogP) is 2.08.